The molecular weight excluding hydrogens is 411 g/mol. The summed E-state index contributed by atoms with van der Waals surface area (Å²) in [5.74, 6) is -2.24. The van der Waals surface area contributed by atoms with Gasteiger partial charge in [0.2, 0.25) is 10.0 Å². The lowest BCUT2D eigenvalue weighted by Crippen LogP contribution is -2.42. The maximum absolute atomic E-state index is 14.0. The fraction of sp³-hybridized carbons (Fsp3) is 0.333. The molecule has 3 rings (SSSR count). The number of ether oxygens (including phenoxy) is 1. The van der Waals surface area contributed by atoms with Gasteiger partial charge in [0, 0.05) is 12.2 Å². The average Bonchev–Trinajstić information content (AvgIpc) is 3.20. The van der Waals surface area contributed by atoms with Crippen LogP contribution in [-0.4, -0.2) is 43.8 Å². The van der Waals surface area contributed by atoms with E-state index in [0.29, 0.717) is 12.1 Å². The van der Waals surface area contributed by atoms with Gasteiger partial charge in [0.15, 0.2) is 6.61 Å². The van der Waals surface area contributed by atoms with E-state index in [1.807, 2.05) is 26.0 Å². The molecule has 0 aromatic heterocycles. The number of aryl methyl sites for hydroxylation is 2. The van der Waals surface area contributed by atoms with E-state index in [-0.39, 0.29) is 13.0 Å². The monoisotopic (exact) mass is 434 g/mol. The highest BCUT2D eigenvalue weighted by molar-refractivity contribution is 7.89. The van der Waals surface area contributed by atoms with Gasteiger partial charge in [-0.25, -0.2) is 12.8 Å². The number of hydrogen-bond acceptors (Lipinski definition) is 5. The Bertz CT molecular complexity index is 1070. The highest BCUT2D eigenvalue weighted by atomic mass is 32.2. The Morgan fingerprint density at radius 3 is 2.67 bits per heavy atom. The molecule has 30 heavy (non-hydrogen) atoms. The van der Waals surface area contributed by atoms with Gasteiger partial charge in [-0.3, -0.25) is 9.59 Å². The molecule has 1 fully saturated rings. The van der Waals surface area contributed by atoms with Crippen LogP contribution in [0.15, 0.2) is 47.4 Å². The first-order valence-corrected chi connectivity index (χ1v) is 10.9. The SMILES string of the molecule is Cc1ccc(C)c(NC(=O)COC(=O)C2CCCN2S(=O)(=O)c2ccccc2F)c1. The van der Waals surface area contributed by atoms with Crippen molar-refractivity contribution in [3.05, 3.63) is 59.4 Å². The van der Waals surface area contributed by atoms with Crippen LogP contribution in [0.4, 0.5) is 10.1 Å². The minimum absolute atomic E-state index is 0.0745. The Kier molecular flexibility index (Phi) is 6.52. The number of nitrogens with one attached hydrogen (secondary N) is 1. The Balaban J connectivity index is 1.65. The number of sulfonamides is 1. The lowest BCUT2D eigenvalue weighted by atomic mass is 10.1. The highest BCUT2D eigenvalue weighted by Gasteiger charge is 2.41. The Labute approximate surface area is 174 Å². The summed E-state index contributed by atoms with van der Waals surface area (Å²) >= 11 is 0. The molecule has 0 bridgehead atoms. The molecule has 1 N–H and O–H groups in total. The van der Waals surface area contributed by atoms with Crippen molar-refractivity contribution in [3.63, 3.8) is 0 Å². The summed E-state index contributed by atoms with van der Waals surface area (Å²) < 4.78 is 45.7. The molecule has 7 nitrogen and oxygen atoms in total. The third-order valence-corrected chi connectivity index (χ3v) is 6.85. The van der Waals surface area contributed by atoms with E-state index in [1.165, 1.54) is 12.1 Å². The molecule has 1 unspecified atom stereocenters. The molecule has 1 heterocycles. The number of nitrogens with zero attached hydrogens (tertiary/aromatic N) is 1. The maximum Gasteiger partial charge on any atom is 0.324 e. The predicted octanol–water partition coefficient (Wildman–Crippen LogP) is 2.78. The van der Waals surface area contributed by atoms with Crippen LogP contribution in [0.5, 0.6) is 0 Å². The number of anilines is 1. The van der Waals surface area contributed by atoms with E-state index >= 15 is 0 Å². The first kappa shape index (κ1) is 21.9. The van der Waals surface area contributed by atoms with Crippen LogP contribution in [0.25, 0.3) is 0 Å². The maximum atomic E-state index is 14.0. The zero-order valence-electron chi connectivity index (χ0n) is 16.7. The van der Waals surface area contributed by atoms with Gasteiger partial charge in [-0.2, -0.15) is 4.31 Å². The lowest BCUT2D eigenvalue weighted by molar-refractivity contribution is -0.150. The second kappa shape index (κ2) is 8.93. The van der Waals surface area contributed by atoms with Crippen LogP contribution in [0, 0.1) is 19.7 Å². The van der Waals surface area contributed by atoms with Crippen molar-refractivity contribution in [2.75, 3.05) is 18.5 Å². The first-order chi connectivity index (χ1) is 14.2. The van der Waals surface area contributed by atoms with Gasteiger partial charge in [0.05, 0.1) is 0 Å². The van der Waals surface area contributed by atoms with Gasteiger partial charge in [-0.1, -0.05) is 24.3 Å². The molecule has 1 amide bonds. The zero-order chi connectivity index (χ0) is 21.9. The Morgan fingerprint density at radius 2 is 1.93 bits per heavy atom. The smallest absolute Gasteiger partial charge is 0.324 e. The molecular formula is C21H23FN2O5S. The van der Waals surface area contributed by atoms with Crippen LogP contribution in [0.1, 0.15) is 24.0 Å². The lowest BCUT2D eigenvalue weighted by Gasteiger charge is -2.23. The van der Waals surface area contributed by atoms with Gasteiger partial charge >= 0.3 is 5.97 Å². The van der Waals surface area contributed by atoms with Crippen molar-refractivity contribution < 1.29 is 27.1 Å². The van der Waals surface area contributed by atoms with E-state index in [0.717, 1.165) is 27.6 Å². The molecule has 0 spiro atoms. The summed E-state index contributed by atoms with van der Waals surface area (Å²) in [5, 5.41) is 2.67. The van der Waals surface area contributed by atoms with Gasteiger partial charge in [0.1, 0.15) is 16.8 Å². The van der Waals surface area contributed by atoms with E-state index in [2.05, 4.69) is 5.32 Å². The molecule has 9 heteroatoms. The molecule has 1 aliphatic heterocycles. The predicted molar refractivity (Wildman–Crippen MR) is 109 cm³/mol. The molecule has 0 aliphatic carbocycles. The third-order valence-electron chi connectivity index (χ3n) is 4.91. The number of halogens is 1. The van der Waals surface area contributed by atoms with Crippen molar-refractivity contribution in [2.24, 2.45) is 0 Å². The molecule has 160 valence electrons. The number of benzene rings is 2. The molecule has 1 saturated heterocycles. The number of rotatable bonds is 6. The summed E-state index contributed by atoms with van der Waals surface area (Å²) in [4.78, 5) is 24.2. The Morgan fingerprint density at radius 1 is 1.20 bits per heavy atom. The number of carbonyl (C=O) groups excluding carboxylic acids is 2. The van der Waals surface area contributed by atoms with Gasteiger partial charge in [-0.05, 0) is 56.0 Å². The fourth-order valence-electron chi connectivity index (χ4n) is 3.33. The van der Waals surface area contributed by atoms with Gasteiger partial charge in [-0.15, -0.1) is 0 Å². The molecule has 1 atom stereocenters. The van der Waals surface area contributed by atoms with E-state index < -0.39 is 45.3 Å². The van der Waals surface area contributed by atoms with Crippen LogP contribution in [0.3, 0.4) is 0 Å². The minimum atomic E-state index is -4.20. The number of esters is 1. The second-order valence-electron chi connectivity index (χ2n) is 7.18. The quantitative estimate of drug-likeness (QED) is 0.706. The third kappa shape index (κ3) is 4.68. The fourth-order valence-corrected chi connectivity index (χ4v) is 5.05. The summed E-state index contributed by atoms with van der Waals surface area (Å²) in [5.41, 5.74) is 2.44. The zero-order valence-corrected chi connectivity index (χ0v) is 17.5. The molecule has 2 aromatic rings. The van der Waals surface area contributed by atoms with Crippen LogP contribution in [0.2, 0.25) is 0 Å². The molecule has 0 saturated carbocycles. The molecule has 2 aromatic carbocycles. The van der Waals surface area contributed by atoms with Crippen molar-refractivity contribution in [2.45, 2.75) is 37.6 Å². The topological polar surface area (TPSA) is 92.8 Å². The van der Waals surface area contributed by atoms with E-state index in [4.69, 9.17) is 4.74 Å². The molecule has 0 radical (unpaired) electrons. The van der Waals surface area contributed by atoms with Crippen molar-refractivity contribution in [1.82, 2.24) is 4.31 Å². The number of carbonyl (C=O) groups is 2. The van der Waals surface area contributed by atoms with Gasteiger partial charge < -0.3 is 10.1 Å². The van der Waals surface area contributed by atoms with E-state index in [1.54, 1.807) is 6.07 Å². The second-order valence-corrected chi connectivity index (χ2v) is 9.04. The van der Waals surface area contributed by atoms with Crippen molar-refractivity contribution >= 4 is 27.6 Å². The van der Waals surface area contributed by atoms with Gasteiger partial charge in [0.25, 0.3) is 5.91 Å². The largest absolute Gasteiger partial charge is 0.454 e. The first-order valence-electron chi connectivity index (χ1n) is 9.50. The highest BCUT2D eigenvalue weighted by Crippen LogP contribution is 2.28. The minimum Gasteiger partial charge on any atom is -0.454 e. The van der Waals surface area contributed by atoms with Crippen LogP contribution >= 0.6 is 0 Å². The number of hydrogen-bond donors (Lipinski definition) is 1. The Hall–Kier alpha value is -2.78. The summed E-state index contributed by atoms with van der Waals surface area (Å²) in [6, 6.07) is 9.49. The van der Waals surface area contributed by atoms with Crippen LogP contribution in [-0.2, 0) is 24.3 Å². The van der Waals surface area contributed by atoms with Crippen molar-refractivity contribution in [3.8, 4) is 0 Å². The normalized spacial score (nSPS) is 17.0. The number of amides is 1. The summed E-state index contributed by atoms with van der Waals surface area (Å²) in [7, 11) is -4.20. The van der Waals surface area contributed by atoms with Crippen LogP contribution < -0.4 is 5.32 Å². The average molecular weight is 434 g/mol. The molecule has 1 aliphatic rings. The summed E-state index contributed by atoms with van der Waals surface area (Å²) in [6.07, 6.45) is 0.674. The summed E-state index contributed by atoms with van der Waals surface area (Å²) in [6.45, 7) is 3.26. The van der Waals surface area contributed by atoms with Crippen molar-refractivity contribution in [1.29, 1.82) is 0 Å². The standard InChI is InChI=1S/C21H23FN2O5S/c1-14-9-10-15(2)17(12-14)23-20(25)13-29-21(26)18-7-5-11-24(18)30(27,28)19-8-4-3-6-16(19)22/h3-4,6,8-10,12,18H,5,7,11,13H2,1-2H3,(H,23,25). The van der Waals surface area contributed by atoms with E-state index in [9.17, 15) is 22.4 Å².